The molecule has 1 aliphatic carbocycles. The molecule has 1 unspecified atom stereocenters. The highest BCUT2D eigenvalue weighted by Crippen LogP contribution is 2.15. The van der Waals surface area contributed by atoms with Gasteiger partial charge in [0.1, 0.15) is 11.6 Å². The van der Waals surface area contributed by atoms with Crippen molar-refractivity contribution in [2.45, 2.75) is 25.3 Å². The standard InChI is InChI=1S/C11H13FN2/c12-9-6-7-11(13-8-9)14-10-4-2-1-3-5-10/h1-2,6-8,10H,3-5H2,(H,13,14). The molecule has 0 aliphatic heterocycles. The summed E-state index contributed by atoms with van der Waals surface area (Å²) in [6.07, 6.45) is 8.86. The quantitative estimate of drug-likeness (QED) is 0.729. The van der Waals surface area contributed by atoms with Gasteiger partial charge in [0, 0.05) is 6.04 Å². The van der Waals surface area contributed by atoms with Crippen LogP contribution in [0.1, 0.15) is 19.3 Å². The van der Waals surface area contributed by atoms with Gasteiger partial charge in [-0.3, -0.25) is 0 Å². The summed E-state index contributed by atoms with van der Waals surface area (Å²) in [5.74, 6) is 0.464. The summed E-state index contributed by atoms with van der Waals surface area (Å²) in [6.45, 7) is 0. The number of hydrogen-bond donors (Lipinski definition) is 1. The Morgan fingerprint density at radius 1 is 1.36 bits per heavy atom. The first-order chi connectivity index (χ1) is 6.84. The molecule has 74 valence electrons. The molecule has 1 aromatic rings. The molecule has 0 amide bonds. The zero-order chi connectivity index (χ0) is 9.80. The van der Waals surface area contributed by atoms with Crippen LogP contribution in [0, 0.1) is 5.82 Å². The van der Waals surface area contributed by atoms with E-state index in [2.05, 4.69) is 22.5 Å². The number of anilines is 1. The first-order valence-electron chi connectivity index (χ1n) is 4.88. The number of hydrogen-bond acceptors (Lipinski definition) is 2. The first kappa shape index (κ1) is 9.19. The Morgan fingerprint density at radius 3 is 2.93 bits per heavy atom. The van der Waals surface area contributed by atoms with Crippen LogP contribution in [-0.2, 0) is 0 Å². The van der Waals surface area contributed by atoms with Gasteiger partial charge in [0.2, 0.25) is 0 Å². The minimum absolute atomic E-state index is 0.293. The van der Waals surface area contributed by atoms with E-state index >= 15 is 0 Å². The smallest absolute Gasteiger partial charge is 0.141 e. The zero-order valence-electron chi connectivity index (χ0n) is 7.91. The van der Waals surface area contributed by atoms with Crippen molar-refractivity contribution < 1.29 is 4.39 Å². The Kier molecular flexibility index (Phi) is 2.77. The normalized spacial score (nSPS) is 20.8. The van der Waals surface area contributed by atoms with E-state index in [9.17, 15) is 4.39 Å². The van der Waals surface area contributed by atoms with Crippen LogP contribution in [-0.4, -0.2) is 11.0 Å². The maximum atomic E-state index is 12.6. The molecule has 2 nitrogen and oxygen atoms in total. The summed E-state index contributed by atoms with van der Waals surface area (Å²) >= 11 is 0. The molecule has 0 aromatic carbocycles. The highest BCUT2D eigenvalue weighted by atomic mass is 19.1. The molecule has 0 bridgehead atoms. The Bertz CT molecular complexity index is 319. The molecule has 0 spiro atoms. The van der Waals surface area contributed by atoms with E-state index < -0.39 is 0 Å². The van der Waals surface area contributed by atoms with Crippen LogP contribution in [0.4, 0.5) is 10.2 Å². The number of aromatic nitrogens is 1. The second-order valence-corrected chi connectivity index (χ2v) is 3.49. The molecule has 1 aromatic heterocycles. The summed E-state index contributed by atoms with van der Waals surface area (Å²) in [5, 5.41) is 3.28. The Morgan fingerprint density at radius 2 is 2.29 bits per heavy atom. The largest absolute Gasteiger partial charge is 0.367 e. The lowest BCUT2D eigenvalue weighted by Gasteiger charge is -2.19. The average molecular weight is 192 g/mol. The Balaban J connectivity index is 1.96. The minimum Gasteiger partial charge on any atom is -0.367 e. The van der Waals surface area contributed by atoms with Crippen LogP contribution in [0.2, 0.25) is 0 Å². The van der Waals surface area contributed by atoms with Crippen molar-refractivity contribution in [1.29, 1.82) is 0 Å². The van der Waals surface area contributed by atoms with Crippen LogP contribution in [0.15, 0.2) is 30.5 Å². The van der Waals surface area contributed by atoms with Gasteiger partial charge in [0.05, 0.1) is 6.20 Å². The van der Waals surface area contributed by atoms with Gasteiger partial charge in [-0.25, -0.2) is 9.37 Å². The molecule has 2 rings (SSSR count). The summed E-state index contributed by atoms with van der Waals surface area (Å²) in [5.41, 5.74) is 0. The highest BCUT2D eigenvalue weighted by molar-refractivity contribution is 5.35. The maximum Gasteiger partial charge on any atom is 0.141 e. The molecule has 0 fully saturated rings. The SMILES string of the molecule is Fc1ccc(NC2CC=CCC2)nc1. The van der Waals surface area contributed by atoms with Gasteiger partial charge in [-0.2, -0.15) is 0 Å². The lowest BCUT2D eigenvalue weighted by Crippen LogP contribution is -2.20. The number of nitrogens with one attached hydrogen (secondary N) is 1. The number of halogens is 1. The molecule has 0 saturated carbocycles. The van der Waals surface area contributed by atoms with Crippen molar-refractivity contribution in [1.82, 2.24) is 4.98 Å². The molecule has 1 heterocycles. The zero-order valence-corrected chi connectivity index (χ0v) is 7.91. The highest BCUT2D eigenvalue weighted by Gasteiger charge is 2.09. The van der Waals surface area contributed by atoms with E-state index in [-0.39, 0.29) is 5.82 Å². The van der Waals surface area contributed by atoms with Crippen LogP contribution in [0.25, 0.3) is 0 Å². The lowest BCUT2D eigenvalue weighted by atomic mass is 10.0. The number of allylic oxidation sites excluding steroid dienone is 1. The van der Waals surface area contributed by atoms with Crippen LogP contribution in [0.5, 0.6) is 0 Å². The van der Waals surface area contributed by atoms with Crippen LogP contribution < -0.4 is 5.32 Å². The number of pyridine rings is 1. The predicted octanol–water partition coefficient (Wildman–Crippen LogP) is 2.74. The third kappa shape index (κ3) is 2.31. The van der Waals surface area contributed by atoms with E-state index in [1.165, 1.54) is 12.3 Å². The van der Waals surface area contributed by atoms with E-state index in [1.54, 1.807) is 6.07 Å². The van der Waals surface area contributed by atoms with Crippen molar-refractivity contribution in [3.8, 4) is 0 Å². The Hall–Kier alpha value is -1.38. The molecular weight excluding hydrogens is 179 g/mol. The van der Waals surface area contributed by atoms with Crippen molar-refractivity contribution in [2.24, 2.45) is 0 Å². The topological polar surface area (TPSA) is 24.9 Å². The molecule has 1 aliphatic rings. The van der Waals surface area contributed by atoms with Gasteiger partial charge < -0.3 is 5.32 Å². The molecule has 1 N–H and O–H groups in total. The minimum atomic E-state index is -0.293. The third-order valence-corrected chi connectivity index (χ3v) is 2.35. The molecular formula is C11H13FN2. The van der Waals surface area contributed by atoms with Crippen LogP contribution in [0.3, 0.4) is 0 Å². The fourth-order valence-corrected chi connectivity index (χ4v) is 1.60. The number of rotatable bonds is 2. The average Bonchev–Trinajstić information content (AvgIpc) is 2.23. The molecule has 3 heteroatoms. The Labute approximate surface area is 82.9 Å². The second-order valence-electron chi connectivity index (χ2n) is 3.49. The van der Waals surface area contributed by atoms with Crippen molar-refractivity contribution in [3.05, 3.63) is 36.3 Å². The van der Waals surface area contributed by atoms with E-state index in [4.69, 9.17) is 0 Å². The van der Waals surface area contributed by atoms with Gasteiger partial charge >= 0.3 is 0 Å². The van der Waals surface area contributed by atoms with Crippen molar-refractivity contribution in [2.75, 3.05) is 5.32 Å². The molecule has 0 saturated heterocycles. The lowest BCUT2D eigenvalue weighted by molar-refractivity contribution is 0.618. The maximum absolute atomic E-state index is 12.6. The fraction of sp³-hybridized carbons (Fsp3) is 0.364. The summed E-state index contributed by atoms with van der Waals surface area (Å²) < 4.78 is 12.6. The van der Waals surface area contributed by atoms with Gasteiger partial charge in [0.25, 0.3) is 0 Å². The predicted molar refractivity (Wildman–Crippen MR) is 54.6 cm³/mol. The summed E-state index contributed by atoms with van der Waals surface area (Å²) in [4.78, 5) is 3.96. The summed E-state index contributed by atoms with van der Waals surface area (Å²) in [7, 11) is 0. The van der Waals surface area contributed by atoms with Gasteiger partial charge in [-0.15, -0.1) is 0 Å². The van der Waals surface area contributed by atoms with Crippen molar-refractivity contribution in [3.63, 3.8) is 0 Å². The monoisotopic (exact) mass is 192 g/mol. The van der Waals surface area contributed by atoms with Crippen LogP contribution >= 0.6 is 0 Å². The van der Waals surface area contributed by atoms with E-state index in [0.717, 1.165) is 25.1 Å². The van der Waals surface area contributed by atoms with Gasteiger partial charge in [-0.05, 0) is 31.4 Å². The number of nitrogens with zero attached hydrogens (tertiary/aromatic N) is 1. The van der Waals surface area contributed by atoms with Crippen molar-refractivity contribution >= 4 is 5.82 Å². The first-order valence-corrected chi connectivity index (χ1v) is 4.88. The molecule has 14 heavy (non-hydrogen) atoms. The van der Waals surface area contributed by atoms with Gasteiger partial charge in [0.15, 0.2) is 0 Å². The second kappa shape index (κ2) is 4.22. The fourth-order valence-electron chi connectivity index (χ4n) is 1.60. The third-order valence-electron chi connectivity index (χ3n) is 2.35. The molecule has 1 atom stereocenters. The molecule has 0 radical (unpaired) electrons. The van der Waals surface area contributed by atoms with Gasteiger partial charge in [-0.1, -0.05) is 12.2 Å². The van der Waals surface area contributed by atoms with E-state index in [1.807, 2.05) is 0 Å². The van der Waals surface area contributed by atoms with E-state index in [0.29, 0.717) is 6.04 Å². The summed E-state index contributed by atoms with van der Waals surface area (Å²) in [6, 6.07) is 3.54.